The molecule has 0 aliphatic heterocycles. The molecule has 0 aromatic rings. The minimum atomic E-state index is -5.00. The highest BCUT2D eigenvalue weighted by Crippen LogP contribution is 2.45. The van der Waals surface area contributed by atoms with Gasteiger partial charge >= 0.3 is 39.5 Å². The number of rotatable bonds is 80. The second kappa shape index (κ2) is 80.5. The van der Waals surface area contributed by atoms with Gasteiger partial charge in [-0.1, -0.05) is 297 Å². The number of hydrogen-bond donors (Lipinski definition) is 3. The van der Waals surface area contributed by atoms with Crippen LogP contribution in [0.3, 0.4) is 0 Å². The molecule has 0 radical (unpaired) electrons. The van der Waals surface area contributed by atoms with Crippen LogP contribution < -0.4 is 0 Å². The smallest absolute Gasteiger partial charge is 0.462 e. The van der Waals surface area contributed by atoms with Crippen molar-refractivity contribution in [2.45, 2.75) is 380 Å². The lowest BCUT2D eigenvalue weighted by molar-refractivity contribution is -0.161. The topological polar surface area (TPSA) is 237 Å². The standard InChI is InChI=1S/C89H154O17P2/c1-5-9-13-17-21-25-29-33-37-39-41-43-47-50-54-58-62-66-70-74-87(92)100-80-85(106-89(94)76-72-68-64-60-56-52-48-44-42-40-38-34-30-26-22-18-14-10-6-2)82-104-108(97,98)102-78-83(90)77-101-107(95,96)103-81-84(105-88(93)75-71-67-63-59-55-51-46-36-32-28-24-20-16-12-8-4)79-99-86(91)73-69-65-61-57-53-49-45-35-31-27-23-19-15-11-7-3/h9,13,21-22,25-26,33-38,41-46,50,54,83-85,90H,5-8,10-12,14-20,23-24,27-32,39-40,47-49,51-53,55-82H2,1-4H3,(H,95,96)(H,97,98)/b13-9-,25-21-,26-22-,37-33-,38-34-,43-41-,44-42-,45-35-,46-36-,54-50-. The van der Waals surface area contributed by atoms with Gasteiger partial charge in [-0.05, 0) is 161 Å². The lowest BCUT2D eigenvalue weighted by Gasteiger charge is -2.21. The first-order chi connectivity index (χ1) is 52.7. The van der Waals surface area contributed by atoms with Crippen LogP contribution in [-0.4, -0.2) is 96.7 Å². The number of phosphoric acid groups is 2. The highest BCUT2D eigenvalue weighted by atomic mass is 31.2. The number of unbranched alkanes of at least 4 members (excludes halogenated alkanes) is 34. The molecule has 19 heteroatoms. The van der Waals surface area contributed by atoms with Gasteiger partial charge in [0.25, 0.3) is 0 Å². The maximum Gasteiger partial charge on any atom is 0.472 e. The van der Waals surface area contributed by atoms with Gasteiger partial charge < -0.3 is 33.8 Å². The maximum atomic E-state index is 13.1. The molecule has 0 aliphatic carbocycles. The fourth-order valence-corrected chi connectivity index (χ4v) is 12.9. The van der Waals surface area contributed by atoms with Gasteiger partial charge in [-0.25, -0.2) is 9.13 Å². The average molecular weight is 1560 g/mol. The molecule has 0 heterocycles. The molecular formula is C89H154O17P2. The monoisotopic (exact) mass is 1560 g/mol. The highest BCUT2D eigenvalue weighted by molar-refractivity contribution is 7.47. The van der Waals surface area contributed by atoms with E-state index >= 15 is 0 Å². The minimum absolute atomic E-state index is 0.0703. The third-order valence-corrected chi connectivity index (χ3v) is 19.8. The predicted molar refractivity (Wildman–Crippen MR) is 445 cm³/mol. The Balaban J connectivity index is 5.43. The number of ether oxygens (including phenoxy) is 4. The van der Waals surface area contributed by atoms with E-state index in [9.17, 15) is 43.2 Å². The Bertz CT molecular complexity index is 2520. The summed E-state index contributed by atoms with van der Waals surface area (Å²) in [6.07, 6.45) is 90.1. The quantitative estimate of drug-likeness (QED) is 0.0169. The summed E-state index contributed by atoms with van der Waals surface area (Å²) in [5, 5.41) is 10.7. The molecule has 0 aromatic heterocycles. The number of allylic oxidation sites excluding steroid dienone is 20. The highest BCUT2D eigenvalue weighted by Gasteiger charge is 2.30. The SMILES string of the molecule is CC/C=C\C/C=C\C/C=C\C/C=C\C/C=C\CCCCCC(=O)OCC(COP(=O)(O)OCC(O)COP(=O)(O)OCC(COC(=O)CCCCCCC/C=C\CCCCCCCC)OC(=O)CCCCCCC/C=C\CCCCCCCC)OC(=O)CCCCCCCC/C=C\C/C=C\C/C=C\CCCCC. The van der Waals surface area contributed by atoms with E-state index in [0.29, 0.717) is 25.7 Å². The first-order valence-corrected chi connectivity index (χ1v) is 45.8. The Morgan fingerprint density at radius 3 is 0.778 bits per heavy atom. The first kappa shape index (κ1) is 103. The molecule has 0 aliphatic rings. The van der Waals surface area contributed by atoms with Crippen LogP contribution in [0.1, 0.15) is 362 Å². The molecule has 0 bridgehead atoms. The number of aliphatic hydroxyl groups is 1. The number of carbonyl (C=O) groups excluding carboxylic acids is 4. The van der Waals surface area contributed by atoms with Gasteiger partial charge in [0.15, 0.2) is 12.2 Å². The third kappa shape index (κ3) is 79.5. The summed E-state index contributed by atoms with van der Waals surface area (Å²) in [6, 6.07) is 0. The van der Waals surface area contributed by atoms with Crippen molar-refractivity contribution in [2.24, 2.45) is 0 Å². The summed E-state index contributed by atoms with van der Waals surface area (Å²) in [6.45, 7) is 4.70. The fraction of sp³-hybridized carbons (Fsp3) is 0.730. The zero-order valence-electron chi connectivity index (χ0n) is 68.2. The number of phosphoric ester groups is 2. The van der Waals surface area contributed by atoms with Crippen LogP contribution in [-0.2, 0) is 65.4 Å². The van der Waals surface area contributed by atoms with E-state index in [1.54, 1.807) is 0 Å². The molecule has 622 valence electrons. The van der Waals surface area contributed by atoms with E-state index in [4.69, 9.17) is 37.0 Å². The maximum absolute atomic E-state index is 13.1. The predicted octanol–water partition coefficient (Wildman–Crippen LogP) is 25.5. The summed E-state index contributed by atoms with van der Waals surface area (Å²) in [7, 11) is -9.98. The van der Waals surface area contributed by atoms with Crippen LogP contribution in [0.25, 0.3) is 0 Å². The van der Waals surface area contributed by atoms with Crippen molar-refractivity contribution in [2.75, 3.05) is 39.6 Å². The van der Waals surface area contributed by atoms with Gasteiger partial charge in [-0.2, -0.15) is 0 Å². The van der Waals surface area contributed by atoms with E-state index < -0.39 is 97.5 Å². The fourth-order valence-electron chi connectivity index (χ4n) is 11.4. The molecular weight excluding hydrogens is 1400 g/mol. The van der Waals surface area contributed by atoms with Crippen LogP contribution in [0.5, 0.6) is 0 Å². The Morgan fingerprint density at radius 2 is 0.481 bits per heavy atom. The number of hydrogen-bond acceptors (Lipinski definition) is 15. The molecule has 108 heavy (non-hydrogen) atoms. The number of aliphatic hydroxyl groups excluding tert-OH is 1. The van der Waals surface area contributed by atoms with Crippen LogP contribution in [0.15, 0.2) is 122 Å². The largest absolute Gasteiger partial charge is 0.472 e. The van der Waals surface area contributed by atoms with Crippen LogP contribution in [0, 0.1) is 0 Å². The summed E-state index contributed by atoms with van der Waals surface area (Å²) in [4.78, 5) is 73.2. The van der Waals surface area contributed by atoms with Gasteiger partial charge in [0.05, 0.1) is 26.4 Å². The van der Waals surface area contributed by atoms with E-state index in [1.165, 1.54) is 96.3 Å². The van der Waals surface area contributed by atoms with Crippen molar-refractivity contribution in [1.82, 2.24) is 0 Å². The normalized spacial score (nSPS) is 14.4. The van der Waals surface area contributed by atoms with Gasteiger partial charge in [-0.3, -0.25) is 37.3 Å². The summed E-state index contributed by atoms with van der Waals surface area (Å²) >= 11 is 0. The van der Waals surface area contributed by atoms with E-state index in [2.05, 4.69) is 149 Å². The van der Waals surface area contributed by atoms with Gasteiger partial charge in [0.2, 0.25) is 0 Å². The Labute approximate surface area is 657 Å². The first-order valence-electron chi connectivity index (χ1n) is 42.8. The number of carbonyl (C=O) groups is 4. The van der Waals surface area contributed by atoms with E-state index in [1.807, 2.05) is 0 Å². The lowest BCUT2D eigenvalue weighted by atomic mass is 10.1. The van der Waals surface area contributed by atoms with Gasteiger partial charge in [-0.15, -0.1) is 0 Å². The second-order valence-electron chi connectivity index (χ2n) is 28.4. The Hall–Kier alpha value is -4.54. The van der Waals surface area contributed by atoms with E-state index in [0.717, 1.165) is 186 Å². The molecule has 0 fully saturated rings. The van der Waals surface area contributed by atoms with Gasteiger partial charge in [0.1, 0.15) is 19.3 Å². The Kier molecular flexibility index (Phi) is 77.1. The lowest BCUT2D eigenvalue weighted by Crippen LogP contribution is -2.30. The van der Waals surface area contributed by atoms with Crippen molar-refractivity contribution in [3.05, 3.63) is 122 Å². The molecule has 5 atom stereocenters. The molecule has 5 unspecified atom stereocenters. The van der Waals surface area contributed by atoms with E-state index in [-0.39, 0.29) is 25.7 Å². The van der Waals surface area contributed by atoms with Crippen LogP contribution in [0.4, 0.5) is 0 Å². The molecule has 3 N–H and O–H groups in total. The summed E-state index contributed by atoms with van der Waals surface area (Å²) in [5.41, 5.74) is 0. The van der Waals surface area contributed by atoms with Gasteiger partial charge in [0, 0.05) is 25.7 Å². The molecule has 0 rings (SSSR count). The molecule has 0 aromatic carbocycles. The average Bonchev–Trinajstić information content (AvgIpc) is 0.896. The van der Waals surface area contributed by atoms with Crippen molar-refractivity contribution in [1.29, 1.82) is 0 Å². The minimum Gasteiger partial charge on any atom is -0.462 e. The van der Waals surface area contributed by atoms with Crippen molar-refractivity contribution in [3.63, 3.8) is 0 Å². The van der Waals surface area contributed by atoms with Crippen LogP contribution >= 0.6 is 15.6 Å². The summed E-state index contributed by atoms with van der Waals surface area (Å²) < 4.78 is 68.8. The van der Waals surface area contributed by atoms with Crippen molar-refractivity contribution < 1.29 is 80.2 Å². The van der Waals surface area contributed by atoms with Crippen LogP contribution in [0.2, 0.25) is 0 Å². The number of esters is 4. The molecule has 0 amide bonds. The molecule has 0 saturated heterocycles. The molecule has 0 saturated carbocycles. The van der Waals surface area contributed by atoms with Crippen molar-refractivity contribution in [3.8, 4) is 0 Å². The molecule has 0 spiro atoms. The zero-order chi connectivity index (χ0) is 78.9. The third-order valence-electron chi connectivity index (χ3n) is 17.9. The zero-order valence-corrected chi connectivity index (χ0v) is 70.0. The Morgan fingerprint density at radius 1 is 0.269 bits per heavy atom. The summed E-state index contributed by atoms with van der Waals surface area (Å²) in [5.74, 6) is -2.23. The second-order valence-corrected chi connectivity index (χ2v) is 31.3. The molecule has 17 nitrogen and oxygen atoms in total. The van der Waals surface area contributed by atoms with Crippen molar-refractivity contribution >= 4 is 39.5 Å².